The molecule has 1 amide bonds. The van der Waals surface area contributed by atoms with Gasteiger partial charge < -0.3 is 15.4 Å². The summed E-state index contributed by atoms with van der Waals surface area (Å²) >= 11 is 1.71. The van der Waals surface area contributed by atoms with E-state index in [9.17, 15) is 9.59 Å². The maximum absolute atomic E-state index is 12.5. The highest BCUT2D eigenvalue weighted by atomic mass is 32.2. The van der Waals surface area contributed by atoms with Gasteiger partial charge in [0.05, 0.1) is 11.9 Å². The predicted octanol–water partition coefficient (Wildman–Crippen LogP) is 1.77. The molecule has 2 bridgehead atoms. The molecule has 1 saturated carbocycles. The maximum Gasteiger partial charge on any atom is 0.330 e. The van der Waals surface area contributed by atoms with Crippen molar-refractivity contribution in [1.82, 2.24) is 4.90 Å². The van der Waals surface area contributed by atoms with Crippen molar-refractivity contribution in [2.75, 3.05) is 12.3 Å². The van der Waals surface area contributed by atoms with Gasteiger partial charge in [0, 0.05) is 5.75 Å². The van der Waals surface area contributed by atoms with Gasteiger partial charge >= 0.3 is 5.97 Å². The Labute approximate surface area is 142 Å². The van der Waals surface area contributed by atoms with Gasteiger partial charge in [0.1, 0.15) is 11.6 Å². The number of rotatable bonds is 3. The molecule has 4 unspecified atom stereocenters. The molecule has 128 valence electrons. The fourth-order valence-electron chi connectivity index (χ4n) is 3.98. The zero-order chi connectivity index (χ0) is 16.8. The number of fused-ring (bicyclic) bond motifs is 2. The number of carbonyl (C=O) groups excluding carboxylic acids is 2. The topological polar surface area (TPSA) is 72.6 Å². The summed E-state index contributed by atoms with van der Waals surface area (Å²) in [7, 11) is 0. The SMILES string of the molecule is CC(C)(C)OC(=O)[C@@H]1CSC(C2CC3C=CC2C3)N1C(=O)CN. The van der Waals surface area contributed by atoms with Crippen LogP contribution in [-0.2, 0) is 14.3 Å². The highest BCUT2D eigenvalue weighted by molar-refractivity contribution is 8.00. The van der Waals surface area contributed by atoms with E-state index in [2.05, 4.69) is 12.2 Å². The molecule has 1 saturated heterocycles. The molecule has 5 atom stereocenters. The molecule has 3 rings (SSSR count). The number of hydrogen-bond acceptors (Lipinski definition) is 5. The number of ether oxygens (including phenoxy) is 1. The Hall–Kier alpha value is -1.01. The summed E-state index contributed by atoms with van der Waals surface area (Å²) in [4.78, 5) is 26.7. The minimum Gasteiger partial charge on any atom is -0.458 e. The summed E-state index contributed by atoms with van der Waals surface area (Å²) in [5, 5.41) is 0.0449. The van der Waals surface area contributed by atoms with Gasteiger partial charge in [-0.15, -0.1) is 11.8 Å². The quantitative estimate of drug-likeness (QED) is 0.627. The first-order valence-electron chi connectivity index (χ1n) is 8.34. The van der Waals surface area contributed by atoms with Crippen LogP contribution in [0.2, 0.25) is 0 Å². The smallest absolute Gasteiger partial charge is 0.330 e. The Bertz CT molecular complexity index is 528. The molecule has 5 nitrogen and oxygen atoms in total. The van der Waals surface area contributed by atoms with Crippen molar-refractivity contribution < 1.29 is 14.3 Å². The first-order valence-corrected chi connectivity index (χ1v) is 9.39. The van der Waals surface area contributed by atoms with Gasteiger partial charge in [0.15, 0.2) is 0 Å². The van der Waals surface area contributed by atoms with Crippen LogP contribution in [0.25, 0.3) is 0 Å². The highest BCUT2D eigenvalue weighted by Crippen LogP contribution is 2.50. The fourth-order valence-corrected chi connectivity index (χ4v) is 5.64. The molecule has 1 heterocycles. The number of carbonyl (C=O) groups is 2. The van der Waals surface area contributed by atoms with Crippen molar-refractivity contribution in [1.29, 1.82) is 0 Å². The molecule has 0 aromatic carbocycles. The van der Waals surface area contributed by atoms with E-state index in [1.54, 1.807) is 16.7 Å². The first-order chi connectivity index (χ1) is 10.8. The van der Waals surface area contributed by atoms with Gasteiger partial charge in [-0.2, -0.15) is 0 Å². The van der Waals surface area contributed by atoms with Crippen molar-refractivity contribution in [3.05, 3.63) is 12.2 Å². The van der Waals surface area contributed by atoms with Gasteiger partial charge in [-0.3, -0.25) is 4.79 Å². The molecule has 0 spiro atoms. The highest BCUT2D eigenvalue weighted by Gasteiger charge is 2.50. The van der Waals surface area contributed by atoms with Gasteiger partial charge in [0.25, 0.3) is 0 Å². The van der Waals surface area contributed by atoms with E-state index in [-0.39, 0.29) is 23.8 Å². The predicted molar refractivity (Wildman–Crippen MR) is 90.6 cm³/mol. The molecular formula is C17H26N2O3S. The van der Waals surface area contributed by atoms with E-state index < -0.39 is 11.6 Å². The summed E-state index contributed by atoms with van der Waals surface area (Å²) in [5.41, 5.74) is 5.06. The Kier molecular flexibility index (Phi) is 4.49. The van der Waals surface area contributed by atoms with Crippen LogP contribution in [0.5, 0.6) is 0 Å². The number of hydrogen-bond donors (Lipinski definition) is 1. The van der Waals surface area contributed by atoms with E-state index in [1.165, 1.54) is 6.42 Å². The van der Waals surface area contributed by atoms with Crippen molar-refractivity contribution in [3.8, 4) is 0 Å². The zero-order valence-corrected chi connectivity index (χ0v) is 14.8. The number of nitrogens with zero attached hydrogens (tertiary/aromatic N) is 1. The Morgan fingerprint density at radius 2 is 2.04 bits per heavy atom. The van der Waals surface area contributed by atoms with Crippen molar-refractivity contribution in [2.24, 2.45) is 23.5 Å². The van der Waals surface area contributed by atoms with Gasteiger partial charge in [-0.1, -0.05) is 12.2 Å². The van der Waals surface area contributed by atoms with Crippen LogP contribution in [0.1, 0.15) is 33.6 Å². The van der Waals surface area contributed by atoms with E-state index in [0.717, 1.165) is 6.42 Å². The minimum absolute atomic E-state index is 0.0449. The standard InChI is InChI=1S/C17H26N2O3S/c1-17(2,3)22-16(21)13-9-23-15(19(13)14(20)8-18)12-7-10-4-5-11(12)6-10/h4-5,10-13,15H,6-9,18H2,1-3H3/t10?,11?,12?,13-,15?/m0/s1. The lowest BCUT2D eigenvalue weighted by atomic mass is 9.92. The van der Waals surface area contributed by atoms with Crippen LogP contribution in [0.3, 0.4) is 0 Å². The van der Waals surface area contributed by atoms with Crippen LogP contribution < -0.4 is 5.73 Å². The number of amides is 1. The van der Waals surface area contributed by atoms with E-state index in [4.69, 9.17) is 10.5 Å². The normalized spacial score (nSPS) is 35.8. The second kappa shape index (κ2) is 6.13. The Balaban J connectivity index is 1.78. The third kappa shape index (κ3) is 3.29. The minimum atomic E-state index is -0.549. The summed E-state index contributed by atoms with van der Waals surface area (Å²) in [6.45, 7) is 5.48. The third-order valence-corrected chi connectivity index (χ3v) is 6.30. The van der Waals surface area contributed by atoms with Crippen LogP contribution >= 0.6 is 11.8 Å². The van der Waals surface area contributed by atoms with Gasteiger partial charge in [0.2, 0.25) is 5.91 Å². The summed E-state index contributed by atoms with van der Waals surface area (Å²) < 4.78 is 5.52. The number of esters is 1. The monoisotopic (exact) mass is 338 g/mol. The molecule has 1 aliphatic heterocycles. The molecule has 2 N–H and O–H groups in total. The average molecular weight is 338 g/mol. The van der Waals surface area contributed by atoms with Crippen molar-refractivity contribution >= 4 is 23.6 Å². The molecule has 0 aromatic rings. The molecule has 0 aromatic heterocycles. The number of thioether (sulfide) groups is 1. The van der Waals surface area contributed by atoms with Crippen LogP contribution in [0.4, 0.5) is 0 Å². The van der Waals surface area contributed by atoms with Crippen molar-refractivity contribution in [2.45, 2.75) is 50.6 Å². The molecule has 2 aliphatic carbocycles. The van der Waals surface area contributed by atoms with Crippen LogP contribution in [-0.4, -0.2) is 46.1 Å². The fraction of sp³-hybridized carbons (Fsp3) is 0.765. The Morgan fingerprint density at radius 3 is 2.57 bits per heavy atom. The van der Waals surface area contributed by atoms with Crippen LogP contribution in [0, 0.1) is 17.8 Å². The summed E-state index contributed by atoms with van der Waals surface area (Å²) in [6, 6.07) is -0.511. The maximum atomic E-state index is 12.5. The van der Waals surface area contributed by atoms with E-state index >= 15 is 0 Å². The molecule has 3 aliphatic rings. The largest absolute Gasteiger partial charge is 0.458 e. The molecular weight excluding hydrogens is 312 g/mol. The first kappa shape index (κ1) is 16.8. The van der Waals surface area contributed by atoms with E-state index in [1.807, 2.05) is 20.8 Å². The summed E-state index contributed by atoms with van der Waals surface area (Å²) in [5.74, 6) is 1.74. The molecule has 0 radical (unpaired) electrons. The second-order valence-corrected chi connectivity index (χ2v) is 8.87. The van der Waals surface area contributed by atoms with Gasteiger partial charge in [-0.25, -0.2) is 4.79 Å². The van der Waals surface area contributed by atoms with Crippen LogP contribution in [0.15, 0.2) is 12.2 Å². The lowest BCUT2D eigenvalue weighted by Crippen LogP contribution is -2.51. The third-order valence-electron chi connectivity index (χ3n) is 4.87. The number of nitrogens with two attached hydrogens (primary N) is 1. The zero-order valence-electron chi connectivity index (χ0n) is 14.0. The van der Waals surface area contributed by atoms with E-state index in [0.29, 0.717) is 23.5 Å². The lowest BCUT2D eigenvalue weighted by molar-refractivity contribution is -0.163. The molecule has 6 heteroatoms. The second-order valence-electron chi connectivity index (χ2n) is 7.72. The summed E-state index contributed by atoms with van der Waals surface area (Å²) in [6.07, 6.45) is 6.87. The molecule has 23 heavy (non-hydrogen) atoms. The molecule has 2 fully saturated rings. The van der Waals surface area contributed by atoms with Crippen molar-refractivity contribution in [3.63, 3.8) is 0 Å². The Morgan fingerprint density at radius 1 is 1.30 bits per heavy atom. The number of allylic oxidation sites excluding steroid dienone is 2. The lowest BCUT2D eigenvalue weighted by Gasteiger charge is -2.35. The van der Waals surface area contributed by atoms with Gasteiger partial charge in [-0.05, 0) is 51.4 Å². The average Bonchev–Trinajstić information content (AvgIpc) is 3.18.